The molecule has 6 nitrogen and oxygen atoms in total. The van der Waals surface area contributed by atoms with Crippen LogP contribution in [-0.2, 0) is 25.7 Å². The summed E-state index contributed by atoms with van der Waals surface area (Å²) in [4.78, 5) is 26.8. The highest BCUT2D eigenvalue weighted by Gasteiger charge is 2.20. The van der Waals surface area contributed by atoms with Gasteiger partial charge in [0.15, 0.2) is 30.4 Å². The fourth-order valence-electron chi connectivity index (χ4n) is 4.14. The fraction of sp³-hybridized carbons (Fsp3) is 0.643. The lowest BCUT2D eigenvalue weighted by Crippen LogP contribution is -2.16. The normalized spacial score (nSPS) is 13.3. The molecule has 0 aliphatic rings. The second kappa shape index (κ2) is 13.9. The first-order valence-electron chi connectivity index (χ1n) is 12.8. The third-order valence-corrected chi connectivity index (χ3v) is 9.89. The molecule has 0 aliphatic heterocycles. The Hall–Kier alpha value is -1.42. The van der Waals surface area contributed by atoms with E-state index in [1.165, 1.54) is 24.3 Å². The summed E-state index contributed by atoms with van der Waals surface area (Å²) < 4.78 is 26.1. The monoisotopic (exact) mass is 538 g/mol. The molecule has 0 saturated carbocycles. The SMILES string of the molecule is CC(C)(CO)CCCCc1cc(=O)cc(CCc2cc(=O)cc(CCCCC(C)(C)CO)[s+]2[O-])[s+]1[O-]. The summed E-state index contributed by atoms with van der Waals surface area (Å²) in [5.74, 6) is 0. The Morgan fingerprint density at radius 3 is 1.22 bits per heavy atom. The molecular weight excluding hydrogens is 496 g/mol. The second-order valence-electron chi connectivity index (χ2n) is 11.3. The topological polar surface area (TPSA) is 121 Å². The molecule has 8 heteroatoms. The van der Waals surface area contributed by atoms with E-state index < -0.39 is 21.5 Å². The van der Waals surface area contributed by atoms with Gasteiger partial charge in [-0.05, 0) is 58.0 Å². The van der Waals surface area contributed by atoms with Crippen LogP contribution in [0.2, 0.25) is 0 Å². The summed E-state index contributed by atoms with van der Waals surface area (Å²) in [6.07, 6.45) is 6.77. The van der Waals surface area contributed by atoms with Crippen LogP contribution in [0.25, 0.3) is 0 Å². The maximum Gasteiger partial charge on any atom is 0.188 e. The quantitative estimate of drug-likeness (QED) is 0.240. The molecular formula is C28H42O6S2. The third-order valence-electron chi connectivity index (χ3n) is 6.69. The van der Waals surface area contributed by atoms with Crippen molar-refractivity contribution in [3.05, 3.63) is 64.2 Å². The van der Waals surface area contributed by atoms with Crippen molar-refractivity contribution in [2.45, 2.75) is 91.9 Å². The van der Waals surface area contributed by atoms with Gasteiger partial charge in [-0.2, -0.15) is 0 Å². The lowest BCUT2D eigenvalue weighted by atomic mass is 9.88. The van der Waals surface area contributed by atoms with Crippen LogP contribution in [0, 0.1) is 10.8 Å². The highest BCUT2D eigenvalue weighted by atomic mass is 32.2. The minimum Gasteiger partial charge on any atom is -0.590 e. The van der Waals surface area contributed by atoms with Gasteiger partial charge in [0.2, 0.25) is 0 Å². The number of hydrogen-bond donors (Lipinski definition) is 2. The molecule has 0 bridgehead atoms. The zero-order valence-corrected chi connectivity index (χ0v) is 23.8. The predicted molar refractivity (Wildman–Crippen MR) is 147 cm³/mol. The van der Waals surface area contributed by atoms with Gasteiger partial charge in [0.1, 0.15) is 0 Å². The van der Waals surface area contributed by atoms with Crippen LogP contribution < -0.4 is 10.9 Å². The van der Waals surface area contributed by atoms with Crippen LogP contribution >= 0.6 is 21.5 Å². The summed E-state index contributed by atoms with van der Waals surface area (Å²) in [6.45, 7) is 8.24. The van der Waals surface area contributed by atoms with Gasteiger partial charge in [-0.25, -0.2) is 0 Å². The average Bonchev–Trinajstić information content (AvgIpc) is 2.82. The van der Waals surface area contributed by atoms with Gasteiger partial charge in [-0.1, -0.05) is 40.5 Å². The van der Waals surface area contributed by atoms with E-state index in [0.29, 0.717) is 45.2 Å². The van der Waals surface area contributed by atoms with Crippen LogP contribution in [0.5, 0.6) is 0 Å². The van der Waals surface area contributed by atoms with Crippen LogP contribution in [0.3, 0.4) is 0 Å². The molecule has 0 fully saturated rings. The van der Waals surface area contributed by atoms with E-state index in [2.05, 4.69) is 0 Å². The van der Waals surface area contributed by atoms with Gasteiger partial charge >= 0.3 is 0 Å². The van der Waals surface area contributed by atoms with Gasteiger partial charge in [-0.15, -0.1) is 0 Å². The molecule has 2 aromatic rings. The van der Waals surface area contributed by atoms with Gasteiger partial charge < -0.3 is 19.3 Å². The first-order chi connectivity index (χ1) is 16.9. The average molecular weight is 539 g/mol. The van der Waals surface area contributed by atoms with Crippen LogP contribution in [0.15, 0.2) is 33.9 Å². The summed E-state index contributed by atoms with van der Waals surface area (Å²) in [5, 5.41) is 18.8. The lowest BCUT2D eigenvalue weighted by molar-refractivity contribution is 0.147. The van der Waals surface area contributed by atoms with Gasteiger partial charge in [0, 0.05) is 63.2 Å². The van der Waals surface area contributed by atoms with Crippen molar-refractivity contribution in [1.82, 2.24) is 0 Å². The summed E-state index contributed by atoms with van der Waals surface area (Å²) >= 11 is 0. The van der Waals surface area contributed by atoms with E-state index in [-0.39, 0.29) is 34.9 Å². The van der Waals surface area contributed by atoms with Crippen molar-refractivity contribution in [3.8, 4) is 0 Å². The lowest BCUT2D eigenvalue weighted by Gasteiger charge is -2.21. The highest BCUT2D eigenvalue weighted by molar-refractivity contribution is 7.25. The predicted octanol–water partition coefficient (Wildman–Crippen LogP) is 5.11. The number of rotatable bonds is 15. The van der Waals surface area contributed by atoms with Crippen molar-refractivity contribution >= 4 is 21.5 Å². The zero-order chi connectivity index (χ0) is 26.9. The van der Waals surface area contributed by atoms with Crippen molar-refractivity contribution in [2.24, 2.45) is 10.8 Å². The number of hydrogen-bond acceptors (Lipinski definition) is 6. The standard InChI is InChI=1S/C28H42O6S2/c1-27(2,19-29)13-7-5-9-23-15-21(31)17-25(35(23)33)11-12-26-18-22(32)16-24(36(26)34)10-6-8-14-28(3,4)20-30/h15-18,29-30H,5-14,19-20H2,1-4H3. The van der Waals surface area contributed by atoms with E-state index in [0.717, 1.165) is 38.5 Å². The first kappa shape index (κ1) is 30.8. The van der Waals surface area contributed by atoms with E-state index >= 15 is 0 Å². The van der Waals surface area contributed by atoms with E-state index in [4.69, 9.17) is 0 Å². The molecule has 0 radical (unpaired) electrons. The van der Waals surface area contributed by atoms with E-state index in [9.17, 15) is 28.9 Å². The highest BCUT2D eigenvalue weighted by Crippen LogP contribution is 2.31. The maximum absolute atomic E-state index is 13.1. The van der Waals surface area contributed by atoms with Gasteiger partial charge in [0.25, 0.3) is 0 Å². The molecule has 0 aromatic carbocycles. The smallest absolute Gasteiger partial charge is 0.188 e. The van der Waals surface area contributed by atoms with Crippen molar-refractivity contribution in [1.29, 1.82) is 0 Å². The third kappa shape index (κ3) is 9.80. The molecule has 36 heavy (non-hydrogen) atoms. The molecule has 202 valence electrons. The first-order valence-corrected chi connectivity index (χ1v) is 15.1. The maximum atomic E-state index is 13.1. The molecule has 2 rings (SSSR count). The Bertz CT molecular complexity index is 1010. The van der Waals surface area contributed by atoms with Crippen molar-refractivity contribution in [3.63, 3.8) is 0 Å². The summed E-state index contributed by atoms with van der Waals surface area (Å²) in [6, 6.07) is 5.72. The zero-order valence-electron chi connectivity index (χ0n) is 22.1. The molecule has 2 N–H and O–H groups in total. The second-order valence-corrected chi connectivity index (χ2v) is 14.5. The minimum atomic E-state index is -1.41. The Morgan fingerprint density at radius 2 is 0.917 bits per heavy atom. The minimum absolute atomic E-state index is 0.117. The van der Waals surface area contributed by atoms with E-state index in [1.54, 1.807) is 0 Å². The molecule has 2 atom stereocenters. The van der Waals surface area contributed by atoms with Gasteiger partial charge in [-0.3, -0.25) is 9.59 Å². The van der Waals surface area contributed by atoms with Crippen molar-refractivity contribution < 1.29 is 19.3 Å². The Kier molecular flexibility index (Phi) is 11.9. The molecule has 2 aromatic heterocycles. The largest absolute Gasteiger partial charge is 0.590 e. The number of aliphatic hydroxyl groups excluding tert-OH is 2. The molecule has 2 heterocycles. The summed E-state index contributed by atoms with van der Waals surface area (Å²) in [5.41, 5.74) is -0.663. The Labute approximate surface area is 220 Å². The van der Waals surface area contributed by atoms with E-state index in [1.807, 2.05) is 27.7 Å². The molecule has 0 saturated heterocycles. The number of aryl methyl sites for hydroxylation is 4. The Balaban J connectivity index is 2.04. The molecule has 2 unspecified atom stereocenters. The molecule has 0 spiro atoms. The van der Waals surface area contributed by atoms with Crippen LogP contribution in [-0.4, -0.2) is 32.5 Å². The molecule has 0 aliphatic carbocycles. The molecule has 0 amide bonds. The van der Waals surface area contributed by atoms with Gasteiger partial charge in [0.05, 0.1) is 0 Å². The number of unbranched alkanes of at least 4 members (excludes halogenated alkanes) is 2. The summed E-state index contributed by atoms with van der Waals surface area (Å²) in [7, 11) is -2.81. The number of aliphatic hydroxyl groups is 2. The van der Waals surface area contributed by atoms with Crippen molar-refractivity contribution in [2.75, 3.05) is 13.2 Å². The van der Waals surface area contributed by atoms with Crippen LogP contribution in [0.4, 0.5) is 0 Å². The Morgan fingerprint density at radius 1 is 0.611 bits per heavy atom. The van der Waals surface area contributed by atoms with Crippen LogP contribution in [0.1, 0.15) is 85.7 Å². The fourth-order valence-corrected chi connectivity index (χ4v) is 6.94.